The molecule has 1 unspecified atom stereocenters. The van der Waals surface area contributed by atoms with E-state index in [1.54, 1.807) is 20.2 Å². The molecular weight excluding hydrogens is 182 g/mol. The third-order valence-electron chi connectivity index (χ3n) is 2.05. The molecule has 0 aliphatic rings. The van der Waals surface area contributed by atoms with Crippen molar-refractivity contribution in [2.45, 2.75) is 20.0 Å². The van der Waals surface area contributed by atoms with Crippen LogP contribution in [0.3, 0.4) is 0 Å². The van der Waals surface area contributed by atoms with E-state index in [9.17, 15) is 4.79 Å². The number of aromatic nitrogens is 1. The maximum atomic E-state index is 11.4. The molecule has 4 heteroatoms. The number of carbonyl (C=O) groups is 1. The van der Waals surface area contributed by atoms with Gasteiger partial charge < -0.3 is 14.5 Å². The molecule has 0 aliphatic carbocycles. The summed E-state index contributed by atoms with van der Waals surface area (Å²) in [6.45, 7) is 4.03. The Bertz CT molecular complexity index is 306. The van der Waals surface area contributed by atoms with Gasteiger partial charge in [0.1, 0.15) is 5.69 Å². The lowest BCUT2D eigenvalue weighted by molar-refractivity contribution is 0.0509. The average molecular weight is 197 g/mol. The Morgan fingerprint density at radius 2 is 2.36 bits per heavy atom. The van der Waals surface area contributed by atoms with Gasteiger partial charge in [-0.2, -0.15) is 0 Å². The fraction of sp³-hybridized carbons (Fsp3) is 0.500. The van der Waals surface area contributed by atoms with Gasteiger partial charge in [-0.3, -0.25) is 0 Å². The zero-order chi connectivity index (χ0) is 10.6. The summed E-state index contributed by atoms with van der Waals surface area (Å²) in [5.74, 6) is -0.337. The number of hydrogen-bond donors (Lipinski definition) is 1. The molecule has 14 heavy (non-hydrogen) atoms. The van der Waals surface area contributed by atoms with Crippen LogP contribution in [-0.4, -0.2) is 24.7 Å². The lowest BCUT2D eigenvalue weighted by Crippen LogP contribution is -2.09. The summed E-state index contributed by atoms with van der Waals surface area (Å²) in [4.78, 5) is 14.3. The Morgan fingerprint density at radius 1 is 1.64 bits per heavy atom. The van der Waals surface area contributed by atoms with Gasteiger partial charge in [-0.15, -0.1) is 0 Å². The van der Waals surface area contributed by atoms with Crippen LogP contribution in [0.2, 0.25) is 0 Å². The lowest BCUT2D eigenvalue weighted by atomic mass is 10.1. The van der Waals surface area contributed by atoms with E-state index in [1.807, 2.05) is 13.0 Å². The molecule has 1 heterocycles. The van der Waals surface area contributed by atoms with Gasteiger partial charge in [0.15, 0.2) is 0 Å². The first-order chi connectivity index (χ1) is 6.70. The first kappa shape index (κ1) is 10.8. The first-order valence-electron chi connectivity index (χ1n) is 4.57. The molecule has 1 aromatic rings. The van der Waals surface area contributed by atoms with E-state index in [0.29, 0.717) is 12.3 Å². The van der Waals surface area contributed by atoms with E-state index in [1.165, 1.54) is 0 Å². The molecule has 0 saturated heterocycles. The highest BCUT2D eigenvalue weighted by Crippen LogP contribution is 2.19. The minimum atomic E-state index is -0.337. The van der Waals surface area contributed by atoms with E-state index in [0.717, 1.165) is 5.56 Å². The number of methoxy groups -OCH3 is 1. The highest BCUT2D eigenvalue weighted by molar-refractivity contribution is 5.89. The molecule has 0 saturated carbocycles. The highest BCUT2D eigenvalue weighted by Gasteiger charge is 2.17. The predicted molar refractivity (Wildman–Crippen MR) is 52.2 cm³/mol. The summed E-state index contributed by atoms with van der Waals surface area (Å²) < 4.78 is 10.0. The van der Waals surface area contributed by atoms with Crippen LogP contribution < -0.4 is 0 Å². The number of ether oxygens (including phenoxy) is 2. The number of hydrogen-bond acceptors (Lipinski definition) is 3. The normalized spacial score (nSPS) is 12.5. The largest absolute Gasteiger partial charge is 0.461 e. The summed E-state index contributed by atoms with van der Waals surface area (Å²) in [6.07, 6.45) is 1.59. The van der Waals surface area contributed by atoms with Crippen molar-refractivity contribution in [2.75, 3.05) is 13.7 Å². The van der Waals surface area contributed by atoms with Crippen molar-refractivity contribution >= 4 is 5.97 Å². The van der Waals surface area contributed by atoms with Crippen molar-refractivity contribution in [2.24, 2.45) is 0 Å². The molecule has 0 radical (unpaired) electrons. The van der Waals surface area contributed by atoms with Crippen molar-refractivity contribution in [3.63, 3.8) is 0 Å². The summed E-state index contributed by atoms with van der Waals surface area (Å²) in [5.41, 5.74) is 1.30. The Labute approximate surface area is 83.2 Å². The van der Waals surface area contributed by atoms with Crippen LogP contribution in [0, 0.1) is 0 Å². The van der Waals surface area contributed by atoms with E-state index in [-0.39, 0.29) is 12.1 Å². The molecule has 0 bridgehead atoms. The number of aromatic amines is 1. The minimum Gasteiger partial charge on any atom is -0.461 e. The van der Waals surface area contributed by atoms with E-state index >= 15 is 0 Å². The summed E-state index contributed by atoms with van der Waals surface area (Å²) in [7, 11) is 1.60. The molecule has 78 valence electrons. The number of rotatable bonds is 4. The van der Waals surface area contributed by atoms with Gasteiger partial charge in [0.2, 0.25) is 0 Å². The van der Waals surface area contributed by atoms with Gasteiger partial charge >= 0.3 is 5.97 Å². The number of H-pyrrole nitrogens is 1. The second-order valence-electron chi connectivity index (χ2n) is 2.91. The SMILES string of the molecule is CCOC(=O)c1[nH]ccc1C(C)OC. The van der Waals surface area contributed by atoms with Crippen LogP contribution in [-0.2, 0) is 9.47 Å². The number of nitrogens with one attached hydrogen (secondary N) is 1. The summed E-state index contributed by atoms with van der Waals surface area (Å²) >= 11 is 0. The fourth-order valence-electron chi connectivity index (χ4n) is 1.23. The molecule has 0 fully saturated rings. The zero-order valence-electron chi connectivity index (χ0n) is 8.66. The van der Waals surface area contributed by atoms with Gasteiger partial charge in [-0.25, -0.2) is 4.79 Å². The third-order valence-corrected chi connectivity index (χ3v) is 2.05. The van der Waals surface area contributed by atoms with Crippen molar-refractivity contribution in [1.29, 1.82) is 0 Å². The minimum absolute atomic E-state index is 0.111. The molecule has 1 atom stereocenters. The predicted octanol–water partition coefficient (Wildman–Crippen LogP) is 1.90. The zero-order valence-corrected chi connectivity index (χ0v) is 8.66. The van der Waals surface area contributed by atoms with E-state index in [4.69, 9.17) is 9.47 Å². The topological polar surface area (TPSA) is 51.3 Å². The molecule has 0 aromatic carbocycles. The Kier molecular flexibility index (Phi) is 3.71. The van der Waals surface area contributed by atoms with E-state index in [2.05, 4.69) is 4.98 Å². The molecule has 4 nitrogen and oxygen atoms in total. The highest BCUT2D eigenvalue weighted by atomic mass is 16.5. The molecule has 1 aromatic heterocycles. The number of esters is 1. The quantitative estimate of drug-likeness (QED) is 0.750. The maximum absolute atomic E-state index is 11.4. The van der Waals surface area contributed by atoms with Gasteiger partial charge in [-0.1, -0.05) is 0 Å². The Hall–Kier alpha value is -1.29. The van der Waals surface area contributed by atoms with Crippen LogP contribution in [0.25, 0.3) is 0 Å². The molecule has 0 amide bonds. The van der Waals surface area contributed by atoms with Crippen molar-refractivity contribution in [3.05, 3.63) is 23.5 Å². The van der Waals surface area contributed by atoms with Crippen molar-refractivity contribution in [3.8, 4) is 0 Å². The van der Waals surface area contributed by atoms with Gasteiger partial charge in [-0.05, 0) is 19.9 Å². The summed E-state index contributed by atoms with van der Waals surface area (Å²) in [5, 5.41) is 0. The van der Waals surface area contributed by atoms with Crippen molar-refractivity contribution in [1.82, 2.24) is 4.98 Å². The van der Waals surface area contributed by atoms with Crippen LogP contribution in [0.4, 0.5) is 0 Å². The van der Waals surface area contributed by atoms with Crippen LogP contribution in [0.1, 0.15) is 36.0 Å². The van der Waals surface area contributed by atoms with Crippen LogP contribution in [0.15, 0.2) is 12.3 Å². The molecule has 1 N–H and O–H groups in total. The van der Waals surface area contributed by atoms with Gasteiger partial charge in [0.25, 0.3) is 0 Å². The molecular formula is C10H15NO3. The van der Waals surface area contributed by atoms with Gasteiger partial charge in [0, 0.05) is 18.9 Å². The van der Waals surface area contributed by atoms with Crippen LogP contribution >= 0.6 is 0 Å². The standard InChI is InChI=1S/C10H15NO3/c1-4-14-10(12)9-8(5-6-11-9)7(2)13-3/h5-7,11H,4H2,1-3H3. The Morgan fingerprint density at radius 3 is 2.93 bits per heavy atom. The molecule has 0 spiro atoms. The number of carbonyl (C=O) groups excluding carboxylic acids is 1. The third kappa shape index (κ3) is 2.14. The van der Waals surface area contributed by atoms with Crippen molar-refractivity contribution < 1.29 is 14.3 Å². The second-order valence-corrected chi connectivity index (χ2v) is 2.91. The monoisotopic (exact) mass is 197 g/mol. The smallest absolute Gasteiger partial charge is 0.355 e. The second kappa shape index (κ2) is 4.81. The average Bonchev–Trinajstić information content (AvgIpc) is 2.65. The van der Waals surface area contributed by atoms with Gasteiger partial charge in [0.05, 0.1) is 12.7 Å². The summed E-state index contributed by atoms with van der Waals surface area (Å²) in [6, 6.07) is 1.82. The molecule has 1 rings (SSSR count). The maximum Gasteiger partial charge on any atom is 0.355 e. The Balaban J connectivity index is 2.86. The first-order valence-corrected chi connectivity index (χ1v) is 4.57. The van der Waals surface area contributed by atoms with Crippen LogP contribution in [0.5, 0.6) is 0 Å². The van der Waals surface area contributed by atoms with E-state index < -0.39 is 0 Å². The fourth-order valence-corrected chi connectivity index (χ4v) is 1.23. The lowest BCUT2D eigenvalue weighted by Gasteiger charge is -2.09. The molecule has 0 aliphatic heterocycles.